The van der Waals surface area contributed by atoms with Crippen LogP contribution in [0.4, 0.5) is 0 Å². The number of hydrogen-bond donors (Lipinski definition) is 1. The van der Waals surface area contributed by atoms with Crippen LogP contribution in [0.3, 0.4) is 0 Å². The molecule has 2 bridgehead atoms. The third-order valence-electron chi connectivity index (χ3n) is 4.08. The summed E-state index contributed by atoms with van der Waals surface area (Å²) in [4.78, 5) is 11.1. The molecule has 2 heterocycles. The zero-order valence-corrected chi connectivity index (χ0v) is 8.01. The first-order chi connectivity index (χ1) is 6.26. The third kappa shape index (κ3) is 1.23. The molecule has 1 N–H and O–H groups in total. The summed E-state index contributed by atoms with van der Waals surface area (Å²) in [5.41, 5.74) is 0.456. The van der Waals surface area contributed by atoms with Crippen molar-refractivity contribution in [2.24, 2.45) is 5.41 Å². The molecule has 13 heavy (non-hydrogen) atoms. The van der Waals surface area contributed by atoms with E-state index in [0.29, 0.717) is 11.2 Å². The molecular weight excluding hydrogens is 162 g/mol. The molecular formula is C11H17NO. The maximum atomic E-state index is 11.1. The van der Waals surface area contributed by atoms with E-state index in [9.17, 15) is 4.79 Å². The summed E-state index contributed by atoms with van der Waals surface area (Å²) in [6, 6.07) is 1.47. The Kier molecular flexibility index (Phi) is 1.58. The highest BCUT2D eigenvalue weighted by Crippen LogP contribution is 2.50. The van der Waals surface area contributed by atoms with Gasteiger partial charge in [0.25, 0.3) is 0 Å². The fourth-order valence-electron chi connectivity index (χ4n) is 3.63. The molecule has 2 atom stereocenters. The minimum absolute atomic E-state index is 0.456. The molecule has 3 rings (SSSR count). The number of fused-ring (bicyclic) bond motifs is 2. The predicted molar refractivity (Wildman–Crippen MR) is 50.5 cm³/mol. The largest absolute Gasteiger partial charge is 0.311 e. The number of carbonyl (C=O) groups is 1. The minimum Gasteiger partial charge on any atom is -0.311 e. The van der Waals surface area contributed by atoms with E-state index in [1.165, 1.54) is 32.1 Å². The first kappa shape index (κ1) is 7.98. The summed E-state index contributed by atoms with van der Waals surface area (Å²) in [6.07, 6.45) is 8.40. The van der Waals surface area contributed by atoms with Crippen LogP contribution in [-0.2, 0) is 4.79 Å². The normalized spacial score (nSPS) is 41.7. The van der Waals surface area contributed by atoms with Gasteiger partial charge in [0, 0.05) is 24.9 Å². The molecule has 2 aliphatic heterocycles. The van der Waals surface area contributed by atoms with Gasteiger partial charge in [-0.3, -0.25) is 4.79 Å². The lowest BCUT2D eigenvalue weighted by molar-refractivity contribution is -0.136. The average molecular weight is 179 g/mol. The van der Waals surface area contributed by atoms with Crippen molar-refractivity contribution in [3.8, 4) is 0 Å². The van der Waals surface area contributed by atoms with Gasteiger partial charge >= 0.3 is 0 Å². The Bertz CT molecular complexity index is 226. The minimum atomic E-state index is 0.456. The molecule has 1 spiro atoms. The zero-order chi connectivity index (χ0) is 8.89. The monoisotopic (exact) mass is 179 g/mol. The molecule has 2 heteroatoms. The fourth-order valence-corrected chi connectivity index (χ4v) is 3.63. The highest BCUT2D eigenvalue weighted by Gasteiger charge is 2.49. The summed E-state index contributed by atoms with van der Waals surface area (Å²) in [7, 11) is 0. The number of piperidine rings is 2. The maximum absolute atomic E-state index is 11.1. The van der Waals surface area contributed by atoms with Gasteiger partial charge in [-0.15, -0.1) is 0 Å². The van der Waals surface area contributed by atoms with Gasteiger partial charge in [0.15, 0.2) is 0 Å². The Balaban J connectivity index is 1.75. The fraction of sp³-hybridized carbons (Fsp3) is 0.909. The quantitative estimate of drug-likeness (QED) is 0.612. The van der Waals surface area contributed by atoms with Crippen LogP contribution in [0.15, 0.2) is 0 Å². The third-order valence-corrected chi connectivity index (χ3v) is 4.08. The van der Waals surface area contributed by atoms with Gasteiger partial charge in [-0.05, 0) is 31.1 Å². The van der Waals surface area contributed by atoms with Crippen LogP contribution in [0.5, 0.6) is 0 Å². The Morgan fingerprint density at radius 1 is 1.15 bits per heavy atom. The number of rotatable bonds is 0. The van der Waals surface area contributed by atoms with Gasteiger partial charge < -0.3 is 5.32 Å². The van der Waals surface area contributed by atoms with Crippen LogP contribution in [0.2, 0.25) is 0 Å². The van der Waals surface area contributed by atoms with Gasteiger partial charge in [-0.2, -0.15) is 0 Å². The van der Waals surface area contributed by atoms with Crippen LogP contribution in [0, 0.1) is 5.41 Å². The lowest BCUT2D eigenvalue weighted by atomic mass is 9.58. The van der Waals surface area contributed by atoms with Crippen LogP contribution in [0.25, 0.3) is 0 Å². The lowest BCUT2D eigenvalue weighted by Gasteiger charge is -2.52. The topological polar surface area (TPSA) is 29.1 Å². The van der Waals surface area contributed by atoms with Gasteiger partial charge in [0.1, 0.15) is 5.78 Å². The molecule has 2 saturated heterocycles. The van der Waals surface area contributed by atoms with Crippen LogP contribution >= 0.6 is 0 Å². The molecule has 0 aromatic rings. The van der Waals surface area contributed by atoms with E-state index in [-0.39, 0.29) is 0 Å². The van der Waals surface area contributed by atoms with E-state index < -0.39 is 0 Å². The number of carbonyl (C=O) groups excluding carboxylic acids is 1. The molecule has 72 valence electrons. The zero-order valence-electron chi connectivity index (χ0n) is 8.01. The number of Topliss-reactive ketones (excluding diaryl/α,β-unsaturated/α-hetero) is 1. The molecule has 2 nitrogen and oxygen atoms in total. The SMILES string of the molecule is O=C1CC2(C1)CC1CCCC(C2)N1. The van der Waals surface area contributed by atoms with Crippen LogP contribution < -0.4 is 5.32 Å². The standard InChI is InChI=1S/C11H17NO/c13-10-6-11(7-10)4-8-2-1-3-9(5-11)12-8/h8-9,12H,1-7H2. The van der Waals surface area contributed by atoms with Crippen molar-refractivity contribution < 1.29 is 4.79 Å². The second kappa shape index (κ2) is 2.57. The van der Waals surface area contributed by atoms with Crippen molar-refractivity contribution in [2.75, 3.05) is 0 Å². The van der Waals surface area contributed by atoms with Crippen molar-refractivity contribution in [1.82, 2.24) is 5.32 Å². The highest BCUT2D eigenvalue weighted by atomic mass is 16.1. The van der Waals surface area contributed by atoms with Crippen molar-refractivity contribution in [2.45, 2.75) is 57.0 Å². The van der Waals surface area contributed by atoms with E-state index in [2.05, 4.69) is 5.32 Å². The highest BCUT2D eigenvalue weighted by molar-refractivity contribution is 5.86. The van der Waals surface area contributed by atoms with Crippen LogP contribution in [0.1, 0.15) is 44.9 Å². The Morgan fingerprint density at radius 3 is 2.31 bits per heavy atom. The van der Waals surface area contributed by atoms with E-state index in [1.54, 1.807) is 0 Å². The van der Waals surface area contributed by atoms with Gasteiger partial charge in [-0.25, -0.2) is 0 Å². The molecule has 3 fully saturated rings. The molecule has 0 amide bonds. The first-order valence-corrected chi connectivity index (χ1v) is 5.54. The van der Waals surface area contributed by atoms with Crippen molar-refractivity contribution in [3.05, 3.63) is 0 Å². The second-order valence-electron chi connectivity index (χ2n) is 5.29. The van der Waals surface area contributed by atoms with Gasteiger partial charge in [0.2, 0.25) is 0 Å². The molecule has 2 unspecified atom stereocenters. The average Bonchev–Trinajstić information content (AvgIpc) is 2.00. The van der Waals surface area contributed by atoms with Crippen molar-refractivity contribution >= 4 is 5.78 Å². The van der Waals surface area contributed by atoms with E-state index in [1.807, 2.05) is 0 Å². The Hall–Kier alpha value is -0.370. The van der Waals surface area contributed by atoms with Gasteiger partial charge in [0.05, 0.1) is 0 Å². The van der Waals surface area contributed by atoms with Crippen LogP contribution in [-0.4, -0.2) is 17.9 Å². The summed E-state index contributed by atoms with van der Waals surface area (Å²) in [6.45, 7) is 0. The molecule has 0 aromatic heterocycles. The van der Waals surface area contributed by atoms with Crippen molar-refractivity contribution in [1.29, 1.82) is 0 Å². The maximum Gasteiger partial charge on any atom is 0.134 e. The summed E-state index contributed by atoms with van der Waals surface area (Å²) in [5.74, 6) is 0.500. The second-order valence-corrected chi connectivity index (χ2v) is 5.29. The number of hydrogen-bond acceptors (Lipinski definition) is 2. The first-order valence-electron chi connectivity index (χ1n) is 5.54. The van der Waals surface area contributed by atoms with E-state index >= 15 is 0 Å². The lowest BCUT2D eigenvalue weighted by Crippen LogP contribution is -2.56. The smallest absolute Gasteiger partial charge is 0.134 e. The van der Waals surface area contributed by atoms with E-state index in [4.69, 9.17) is 0 Å². The molecule has 0 radical (unpaired) electrons. The molecule has 0 aromatic carbocycles. The molecule has 1 saturated carbocycles. The van der Waals surface area contributed by atoms with Crippen molar-refractivity contribution in [3.63, 3.8) is 0 Å². The molecule has 3 aliphatic rings. The Morgan fingerprint density at radius 2 is 1.77 bits per heavy atom. The predicted octanol–water partition coefficient (Wildman–Crippen LogP) is 1.64. The number of ketones is 1. The summed E-state index contributed by atoms with van der Waals surface area (Å²) < 4.78 is 0. The van der Waals surface area contributed by atoms with E-state index in [0.717, 1.165) is 24.9 Å². The summed E-state index contributed by atoms with van der Waals surface area (Å²) in [5, 5.41) is 3.68. The number of nitrogens with one attached hydrogen (secondary N) is 1. The van der Waals surface area contributed by atoms with Gasteiger partial charge in [-0.1, -0.05) is 6.42 Å². The molecule has 1 aliphatic carbocycles. The summed E-state index contributed by atoms with van der Waals surface area (Å²) >= 11 is 0. The Labute approximate surface area is 79.1 Å².